The monoisotopic (exact) mass is 669 g/mol. The Labute approximate surface area is 291 Å². The molecular formula is C39H77BO7. The lowest BCUT2D eigenvalue weighted by atomic mass is 10.0. The second kappa shape index (κ2) is 37.7. The summed E-state index contributed by atoms with van der Waals surface area (Å²) in [6.45, 7) is 8.11. The Hall–Kier alpha value is -1.12. The standard InChI is InChI=1S/C39H77BO7/c1-5-7-9-11-13-15-17-19-21-23-25-27-29-31-33-35-38(41)44-46-40(43-37(3)4)47-45-39(42)36-34-32-30-28-26-24-22-20-18-16-14-12-10-8-6-2/h37H,5-36H2,1-4H3. The maximum Gasteiger partial charge on any atom is 0.716 e. The van der Waals surface area contributed by atoms with Gasteiger partial charge in [0.2, 0.25) is 0 Å². The summed E-state index contributed by atoms with van der Waals surface area (Å²) >= 11 is 0. The maximum atomic E-state index is 12.1. The highest BCUT2D eigenvalue weighted by molar-refractivity contribution is 6.35. The first kappa shape index (κ1) is 45.9. The SMILES string of the molecule is CCCCCCCCCCCCCCCCCC(=O)OOB(OOC(=O)CCCCCCCCCCCCCCCCC)OC(C)C. The minimum absolute atomic E-state index is 0.269. The molecule has 0 atom stereocenters. The highest BCUT2D eigenvalue weighted by Gasteiger charge is 2.30. The third-order valence-electron chi connectivity index (χ3n) is 8.79. The van der Waals surface area contributed by atoms with Gasteiger partial charge in [-0.3, -0.25) is 0 Å². The van der Waals surface area contributed by atoms with Crippen LogP contribution in [-0.4, -0.2) is 25.4 Å². The molecule has 0 unspecified atom stereocenters. The van der Waals surface area contributed by atoms with Crippen molar-refractivity contribution in [2.45, 2.75) is 239 Å². The first-order valence-electron chi connectivity index (χ1n) is 20.4. The summed E-state index contributed by atoms with van der Waals surface area (Å²) in [7, 11) is -1.41. The molecule has 0 aromatic rings. The molecule has 0 spiro atoms. The number of carbonyl (C=O) groups is 2. The van der Waals surface area contributed by atoms with Gasteiger partial charge in [-0.05, 0) is 26.7 Å². The molecule has 0 bridgehead atoms. The summed E-state index contributed by atoms with van der Waals surface area (Å²) in [5, 5.41) is 0. The predicted molar refractivity (Wildman–Crippen MR) is 195 cm³/mol. The number of hydrogen-bond donors (Lipinski definition) is 0. The predicted octanol–water partition coefficient (Wildman–Crippen LogP) is 12.9. The fourth-order valence-corrected chi connectivity index (χ4v) is 5.83. The average molecular weight is 669 g/mol. The summed E-state index contributed by atoms with van der Waals surface area (Å²) in [6.07, 6.45) is 38.4. The van der Waals surface area contributed by atoms with Gasteiger partial charge in [-0.2, -0.15) is 9.61 Å². The topological polar surface area (TPSA) is 80.3 Å². The van der Waals surface area contributed by atoms with Crippen molar-refractivity contribution < 1.29 is 33.6 Å². The average Bonchev–Trinajstić information content (AvgIpc) is 3.05. The van der Waals surface area contributed by atoms with Gasteiger partial charge in [-0.15, -0.1) is 0 Å². The molecule has 7 nitrogen and oxygen atoms in total. The van der Waals surface area contributed by atoms with E-state index in [4.69, 9.17) is 24.0 Å². The van der Waals surface area contributed by atoms with Gasteiger partial charge < -0.3 is 14.4 Å². The Morgan fingerprint density at radius 1 is 0.404 bits per heavy atom. The fraction of sp³-hybridized carbons (Fsp3) is 0.949. The molecule has 0 amide bonds. The molecule has 0 aromatic carbocycles. The van der Waals surface area contributed by atoms with Crippen molar-refractivity contribution in [2.24, 2.45) is 0 Å². The van der Waals surface area contributed by atoms with Gasteiger partial charge >= 0.3 is 19.3 Å². The Balaban J connectivity index is 3.68. The van der Waals surface area contributed by atoms with E-state index >= 15 is 0 Å². The van der Waals surface area contributed by atoms with Crippen molar-refractivity contribution in [1.29, 1.82) is 0 Å². The molecular weight excluding hydrogens is 591 g/mol. The lowest BCUT2D eigenvalue weighted by Gasteiger charge is -2.14. The number of hydrogen-bond acceptors (Lipinski definition) is 7. The Bertz CT molecular complexity index is 611. The molecule has 0 rings (SSSR count). The molecule has 47 heavy (non-hydrogen) atoms. The second-order valence-corrected chi connectivity index (χ2v) is 14.0. The largest absolute Gasteiger partial charge is 0.716 e. The van der Waals surface area contributed by atoms with Crippen molar-refractivity contribution in [3.05, 3.63) is 0 Å². The van der Waals surface area contributed by atoms with Gasteiger partial charge in [0.05, 0.1) is 0 Å². The van der Waals surface area contributed by atoms with Gasteiger partial charge in [0.15, 0.2) is 0 Å². The lowest BCUT2D eigenvalue weighted by Crippen LogP contribution is -2.32. The van der Waals surface area contributed by atoms with Gasteiger partial charge in [-0.25, -0.2) is 9.59 Å². The van der Waals surface area contributed by atoms with Crippen LogP contribution in [0.4, 0.5) is 0 Å². The maximum absolute atomic E-state index is 12.1. The molecule has 0 fully saturated rings. The van der Waals surface area contributed by atoms with Gasteiger partial charge in [0.25, 0.3) is 0 Å². The zero-order valence-corrected chi connectivity index (χ0v) is 31.6. The van der Waals surface area contributed by atoms with Crippen LogP contribution in [0.25, 0.3) is 0 Å². The Morgan fingerprint density at radius 3 is 0.872 bits per heavy atom. The highest BCUT2D eigenvalue weighted by atomic mass is 17.3. The summed E-state index contributed by atoms with van der Waals surface area (Å²) in [4.78, 5) is 43.9. The third kappa shape index (κ3) is 37.6. The number of carbonyl (C=O) groups excluding carboxylic acids is 2. The molecule has 0 N–H and O–H groups in total. The van der Waals surface area contributed by atoms with Crippen molar-refractivity contribution in [1.82, 2.24) is 0 Å². The van der Waals surface area contributed by atoms with E-state index in [1.54, 1.807) is 13.8 Å². The fourth-order valence-electron chi connectivity index (χ4n) is 5.83. The van der Waals surface area contributed by atoms with Crippen molar-refractivity contribution >= 4 is 19.3 Å². The molecule has 0 heterocycles. The summed E-state index contributed by atoms with van der Waals surface area (Å²) < 4.78 is 5.41. The van der Waals surface area contributed by atoms with Crippen LogP contribution in [0.15, 0.2) is 0 Å². The molecule has 0 aliphatic rings. The van der Waals surface area contributed by atoms with Gasteiger partial charge in [-0.1, -0.05) is 194 Å². The van der Waals surface area contributed by atoms with Crippen molar-refractivity contribution in [3.8, 4) is 0 Å². The molecule has 0 aliphatic heterocycles. The minimum Gasteiger partial charge on any atom is -0.380 e. The van der Waals surface area contributed by atoms with E-state index in [0.717, 1.165) is 38.5 Å². The van der Waals surface area contributed by atoms with Crippen LogP contribution < -0.4 is 0 Å². The smallest absolute Gasteiger partial charge is 0.380 e. The molecule has 0 saturated heterocycles. The van der Waals surface area contributed by atoms with E-state index in [9.17, 15) is 9.59 Å². The van der Waals surface area contributed by atoms with Crippen LogP contribution in [0.5, 0.6) is 0 Å². The first-order chi connectivity index (χ1) is 23.0. The first-order valence-corrected chi connectivity index (χ1v) is 20.4. The summed E-state index contributed by atoms with van der Waals surface area (Å²) in [5.74, 6) is -0.963. The van der Waals surface area contributed by atoms with Crippen LogP contribution in [0.1, 0.15) is 233 Å². The number of rotatable bonds is 38. The lowest BCUT2D eigenvalue weighted by molar-refractivity contribution is -0.279. The van der Waals surface area contributed by atoms with Crippen LogP contribution in [-0.2, 0) is 33.6 Å². The molecule has 0 saturated carbocycles. The van der Waals surface area contributed by atoms with Crippen LogP contribution in [0.3, 0.4) is 0 Å². The Kier molecular flexibility index (Phi) is 36.8. The van der Waals surface area contributed by atoms with E-state index in [-0.39, 0.29) is 18.9 Å². The van der Waals surface area contributed by atoms with Crippen LogP contribution >= 0.6 is 0 Å². The highest BCUT2D eigenvalue weighted by Crippen LogP contribution is 2.16. The zero-order valence-electron chi connectivity index (χ0n) is 31.6. The summed E-state index contributed by atoms with van der Waals surface area (Å²) in [6, 6.07) is 0. The molecule has 0 radical (unpaired) electrons. The van der Waals surface area contributed by atoms with E-state index in [1.807, 2.05) is 0 Å². The second-order valence-electron chi connectivity index (χ2n) is 14.0. The Morgan fingerprint density at radius 2 is 0.638 bits per heavy atom. The summed E-state index contributed by atoms with van der Waals surface area (Å²) in [5.41, 5.74) is 0. The van der Waals surface area contributed by atoms with E-state index in [1.165, 1.54) is 154 Å². The molecule has 8 heteroatoms. The van der Waals surface area contributed by atoms with E-state index < -0.39 is 19.3 Å². The van der Waals surface area contributed by atoms with E-state index in [2.05, 4.69) is 13.8 Å². The quantitative estimate of drug-likeness (QED) is 0.0280. The number of unbranched alkanes of at least 4 members (excludes halogenated alkanes) is 28. The van der Waals surface area contributed by atoms with Crippen molar-refractivity contribution in [2.75, 3.05) is 0 Å². The van der Waals surface area contributed by atoms with Gasteiger partial charge in [0.1, 0.15) is 0 Å². The van der Waals surface area contributed by atoms with Crippen molar-refractivity contribution in [3.63, 3.8) is 0 Å². The van der Waals surface area contributed by atoms with Crippen LogP contribution in [0.2, 0.25) is 0 Å². The van der Waals surface area contributed by atoms with E-state index in [0.29, 0.717) is 0 Å². The normalized spacial score (nSPS) is 11.3. The third-order valence-corrected chi connectivity index (χ3v) is 8.79. The van der Waals surface area contributed by atoms with Crippen LogP contribution in [0, 0.1) is 0 Å². The molecule has 0 aromatic heterocycles. The van der Waals surface area contributed by atoms with Gasteiger partial charge in [0, 0.05) is 18.9 Å². The zero-order chi connectivity index (χ0) is 34.5. The minimum atomic E-state index is -1.41. The molecule has 0 aliphatic carbocycles. The molecule has 278 valence electrons.